The molecule has 3 nitrogen and oxygen atoms in total. The SMILES string of the molecule is OC(CCn1ncc2ccccc21)c1ccccc1. The number of benzene rings is 2. The van der Waals surface area contributed by atoms with Crippen molar-refractivity contribution < 1.29 is 5.11 Å². The van der Waals surface area contributed by atoms with Crippen molar-refractivity contribution in [2.75, 3.05) is 0 Å². The molecule has 2 aromatic carbocycles. The zero-order chi connectivity index (χ0) is 13.1. The highest BCUT2D eigenvalue weighted by Gasteiger charge is 2.08. The fourth-order valence-electron chi connectivity index (χ4n) is 2.29. The first kappa shape index (κ1) is 11.9. The van der Waals surface area contributed by atoms with Crippen LogP contribution < -0.4 is 0 Å². The lowest BCUT2D eigenvalue weighted by atomic mass is 10.1. The van der Waals surface area contributed by atoms with Crippen LogP contribution in [0.25, 0.3) is 10.9 Å². The number of aliphatic hydroxyl groups excluding tert-OH is 1. The maximum Gasteiger partial charge on any atom is 0.0807 e. The monoisotopic (exact) mass is 252 g/mol. The van der Waals surface area contributed by atoms with Gasteiger partial charge in [-0.25, -0.2) is 0 Å². The first-order valence-electron chi connectivity index (χ1n) is 6.48. The number of aromatic nitrogens is 2. The Kier molecular flexibility index (Phi) is 3.29. The second-order valence-electron chi connectivity index (χ2n) is 4.64. The molecular formula is C16H16N2O. The summed E-state index contributed by atoms with van der Waals surface area (Å²) in [6.07, 6.45) is 2.09. The van der Waals surface area contributed by atoms with Crippen LogP contribution in [0.1, 0.15) is 18.1 Å². The van der Waals surface area contributed by atoms with Crippen LogP contribution in [-0.2, 0) is 6.54 Å². The Morgan fingerprint density at radius 3 is 2.58 bits per heavy atom. The molecule has 96 valence electrons. The molecule has 0 amide bonds. The lowest BCUT2D eigenvalue weighted by Gasteiger charge is -2.11. The number of rotatable bonds is 4. The fourth-order valence-corrected chi connectivity index (χ4v) is 2.29. The Balaban J connectivity index is 1.73. The molecule has 0 aliphatic rings. The molecule has 0 aliphatic carbocycles. The van der Waals surface area contributed by atoms with Gasteiger partial charge in [0.15, 0.2) is 0 Å². The first-order chi connectivity index (χ1) is 9.34. The highest BCUT2D eigenvalue weighted by atomic mass is 16.3. The van der Waals surface area contributed by atoms with E-state index >= 15 is 0 Å². The van der Waals surface area contributed by atoms with Gasteiger partial charge in [0.1, 0.15) is 0 Å². The number of hydrogen-bond donors (Lipinski definition) is 1. The third-order valence-electron chi connectivity index (χ3n) is 3.35. The van der Waals surface area contributed by atoms with E-state index in [9.17, 15) is 5.11 Å². The van der Waals surface area contributed by atoms with Crippen molar-refractivity contribution in [2.45, 2.75) is 19.1 Å². The fraction of sp³-hybridized carbons (Fsp3) is 0.188. The molecule has 3 aromatic rings. The van der Waals surface area contributed by atoms with Gasteiger partial charge in [0.2, 0.25) is 0 Å². The minimum Gasteiger partial charge on any atom is -0.388 e. The summed E-state index contributed by atoms with van der Waals surface area (Å²) in [5.41, 5.74) is 2.07. The van der Waals surface area contributed by atoms with Crippen LogP contribution in [0, 0.1) is 0 Å². The maximum atomic E-state index is 10.2. The van der Waals surface area contributed by atoms with E-state index in [1.165, 1.54) is 0 Å². The molecule has 0 aliphatic heterocycles. The van der Waals surface area contributed by atoms with Crippen LogP contribution in [0.5, 0.6) is 0 Å². The van der Waals surface area contributed by atoms with Crippen molar-refractivity contribution in [3.63, 3.8) is 0 Å². The zero-order valence-electron chi connectivity index (χ0n) is 10.6. The van der Waals surface area contributed by atoms with Gasteiger partial charge in [-0.1, -0.05) is 48.5 Å². The highest BCUT2D eigenvalue weighted by molar-refractivity contribution is 5.78. The Hall–Kier alpha value is -2.13. The zero-order valence-corrected chi connectivity index (χ0v) is 10.6. The molecule has 0 bridgehead atoms. The smallest absolute Gasteiger partial charge is 0.0807 e. The summed E-state index contributed by atoms with van der Waals surface area (Å²) in [7, 11) is 0. The molecule has 0 spiro atoms. The van der Waals surface area contributed by atoms with E-state index in [4.69, 9.17) is 0 Å². The molecule has 1 N–H and O–H groups in total. The maximum absolute atomic E-state index is 10.2. The predicted octanol–water partition coefficient (Wildman–Crippen LogP) is 3.16. The van der Waals surface area contributed by atoms with Gasteiger partial charge in [-0.2, -0.15) is 5.10 Å². The summed E-state index contributed by atoms with van der Waals surface area (Å²) in [6.45, 7) is 0.712. The Morgan fingerprint density at radius 1 is 1.00 bits per heavy atom. The third kappa shape index (κ3) is 2.51. The van der Waals surface area contributed by atoms with Gasteiger partial charge < -0.3 is 5.11 Å². The molecular weight excluding hydrogens is 236 g/mol. The van der Waals surface area contributed by atoms with E-state index in [0.29, 0.717) is 13.0 Å². The van der Waals surface area contributed by atoms with Crippen LogP contribution in [0.3, 0.4) is 0 Å². The third-order valence-corrected chi connectivity index (χ3v) is 3.35. The standard InChI is InChI=1S/C16H16N2O/c19-16(13-6-2-1-3-7-13)10-11-18-15-9-5-4-8-14(15)12-17-18/h1-9,12,16,19H,10-11H2. The number of fused-ring (bicyclic) bond motifs is 1. The van der Waals surface area contributed by atoms with Crippen LogP contribution >= 0.6 is 0 Å². The summed E-state index contributed by atoms with van der Waals surface area (Å²) in [4.78, 5) is 0. The average molecular weight is 252 g/mol. The van der Waals surface area contributed by atoms with Gasteiger partial charge >= 0.3 is 0 Å². The number of nitrogens with zero attached hydrogens (tertiary/aromatic N) is 2. The van der Waals surface area contributed by atoms with Gasteiger partial charge in [-0.3, -0.25) is 4.68 Å². The molecule has 1 heterocycles. The first-order valence-corrected chi connectivity index (χ1v) is 6.48. The van der Waals surface area contributed by atoms with Gasteiger partial charge in [-0.15, -0.1) is 0 Å². The van der Waals surface area contributed by atoms with Crippen LogP contribution in [0.15, 0.2) is 60.8 Å². The molecule has 1 unspecified atom stereocenters. The van der Waals surface area contributed by atoms with Crippen molar-refractivity contribution >= 4 is 10.9 Å². The highest BCUT2D eigenvalue weighted by Crippen LogP contribution is 2.19. The van der Waals surface area contributed by atoms with Crippen molar-refractivity contribution in [3.05, 3.63) is 66.4 Å². The van der Waals surface area contributed by atoms with Crippen LogP contribution in [-0.4, -0.2) is 14.9 Å². The van der Waals surface area contributed by atoms with Gasteiger partial charge in [0.25, 0.3) is 0 Å². The molecule has 1 aromatic heterocycles. The largest absolute Gasteiger partial charge is 0.388 e. The summed E-state index contributed by atoms with van der Waals surface area (Å²) >= 11 is 0. The van der Waals surface area contributed by atoms with Crippen molar-refractivity contribution in [1.82, 2.24) is 9.78 Å². The number of aryl methyl sites for hydroxylation is 1. The average Bonchev–Trinajstić information content (AvgIpc) is 2.89. The molecule has 0 fully saturated rings. The van der Waals surface area contributed by atoms with Crippen LogP contribution in [0.4, 0.5) is 0 Å². The van der Waals surface area contributed by atoms with E-state index < -0.39 is 6.10 Å². The lowest BCUT2D eigenvalue weighted by molar-refractivity contribution is 0.160. The second kappa shape index (κ2) is 5.24. The van der Waals surface area contributed by atoms with E-state index in [-0.39, 0.29) is 0 Å². The second-order valence-corrected chi connectivity index (χ2v) is 4.64. The van der Waals surface area contributed by atoms with Crippen molar-refractivity contribution in [3.8, 4) is 0 Å². The van der Waals surface area contributed by atoms with E-state index in [0.717, 1.165) is 16.5 Å². The minimum atomic E-state index is -0.441. The van der Waals surface area contributed by atoms with Gasteiger partial charge in [-0.05, 0) is 18.1 Å². The molecule has 0 saturated carbocycles. The molecule has 3 rings (SSSR count). The molecule has 1 atom stereocenters. The molecule has 3 heteroatoms. The summed E-state index contributed by atoms with van der Waals surface area (Å²) in [6, 6.07) is 17.9. The molecule has 0 radical (unpaired) electrons. The Morgan fingerprint density at radius 2 is 1.74 bits per heavy atom. The van der Waals surface area contributed by atoms with Crippen molar-refractivity contribution in [2.24, 2.45) is 0 Å². The van der Waals surface area contributed by atoms with E-state index in [1.54, 1.807) is 0 Å². The van der Waals surface area contributed by atoms with Gasteiger partial charge in [0.05, 0.1) is 17.8 Å². The molecule has 19 heavy (non-hydrogen) atoms. The van der Waals surface area contributed by atoms with Crippen LogP contribution in [0.2, 0.25) is 0 Å². The number of hydrogen-bond acceptors (Lipinski definition) is 2. The number of aliphatic hydroxyl groups is 1. The summed E-state index contributed by atoms with van der Waals surface area (Å²) in [5.74, 6) is 0. The van der Waals surface area contributed by atoms with E-state index in [1.807, 2.05) is 59.4 Å². The summed E-state index contributed by atoms with van der Waals surface area (Å²) in [5, 5.41) is 15.7. The van der Waals surface area contributed by atoms with Crippen molar-refractivity contribution in [1.29, 1.82) is 0 Å². The van der Waals surface area contributed by atoms with E-state index in [2.05, 4.69) is 11.2 Å². The molecule has 0 saturated heterocycles. The normalized spacial score (nSPS) is 12.7. The minimum absolute atomic E-state index is 0.441. The summed E-state index contributed by atoms with van der Waals surface area (Å²) < 4.78 is 1.95. The number of para-hydroxylation sites is 1. The van der Waals surface area contributed by atoms with Gasteiger partial charge in [0, 0.05) is 11.9 Å². The lowest BCUT2D eigenvalue weighted by Crippen LogP contribution is -2.05. The quantitative estimate of drug-likeness (QED) is 0.774. The Labute approximate surface area is 112 Å². The Bertz CT molecular complexity index is 661. The predicted molar refractivity (Wildman–Crippen MR) is 75.8 cm³/mol. The topological polar surface area (TPSA) is 38.0 Å².